The highest BCUT2D eigenvalue weighted by molar-refractivity contribution is 4.74. The first-order valence-electron chi connectivity index (χ1n) is 2.68. The fourth-order valence-electron chi connectivity index (χ4n) is 0.748. The lowest BCUT2D eigenvalue weighted by atomic mass is 10.2. The summed E-state index contributed by atoms with van der Waals surface area (Å²) in [7, 11) is 0. The van der Waals surface area contributed by atoms with E-state index in [0.29, 0.717) is 12.1 Å². The van der Waals surface area contributed by atoms with Crippen molar-refractivity contribution < 1.29 is 4.74 Å². The van der Waals surface area contributed by atoms with Crippen LogP contribution in [0.1, 0.15) is 13.3 Å². The molecule has 0 radical (unpaired) electrons. The molecule has 1 saturated heterocycles. The first-order valence-corrected chi connectivity index (χ1v) is 2.68. The molecule has 0 aromatic heterocycles. The van der Waals surface area contributed by atoms with Gasteiger partial charge in [0.15, 0.2) is 0 Å². The second-order valence-electron chi connectivity index (χ2n) is 2.03. The monoisotopic (exact) mass is 101 g/mol. The zero-order valence-corrected chi connectivity index (χ0v) is 4.55. The topological polar surface area (TPSA) is 35.2 Å². The van der Waals surface area contributed by atoms with Crippen LogP contribution in [0.15, 0.2) is 0 Å². The summed E-state index contributed by atoms with van der Waals surface area (Å²) in [4.78, 5) is 0. The average Bonchev–Trinajstić information content (AvgIpc) is 1.91. The molecule has 0 spiro atoms. The Bertz CT molecular complexity index is 57.1. The van der Waals surface area contributed by atoms with E-state index in [0.717, 1.165) is 13.0 Å². The van der Waals surface area contributed by atoms with Gasteiger partial charge < -0.3 is 10.5 Å². The minimum atomic E-state index is 0.292. The van der Waals surface area contributed by atoms with Crippen molar-refractivity contribution in [2.24, 2.45) is 5.73 Å². The van der Waals surface area contributed by atoms with Crippen LogP contribution in [0.5, 0.6) is 0 Å². The van der Waals surface area contributed by atoms with Gasteiger partial charge in [-0.1, -0.05) is 0 Å². The van der Waals surface area contributed by atoms with E-state index in [9.17, 15) is 0 Å². The zero-order chi connectivity index (χ0) is 5.28. The summed E-state index contributed by atoms with van der Waals surface area (Å²) in [5.41, 5.74) is 5.55. The highest BCUT2D eigenvalue weighted by atomic mass is 16.5. The molecule has 2 nitrogen and oxygen atoms in total. The number of rotatable bonds is 0. The first kappa shape index (κ1) is 5.06. The maximum Gasteiger partial charge on any atom is 0.0698 e. The largest absolute Gasteiger partial charge is 0.377 e. The van der Waals surface area contributed by atoms with Crippen molar-refractivity contribution in [3.8, 4) is 0 Å². The van der Waals surface area contributed by atoms with Gasteiger partial charge in [-0.3, -0.25) is 0 Å². The molecule has 2 atom stereocenters. The Balaban J connectivity index is 2.33. The van der Waals surface area contributed by atoms with Crippen LogP contribution in [-0.4, -0.2) is 18.8 Å². The van der Waals surface area contributed by atoms with Crippen LogP contribution in [-0.2, 0) is 4.74 Å². The third kappa shape index (κ3) is 0.924. The Hall–Kier alpha value is -0.0800. The summed E-state index contributed by atoms with van der Waals surface area (Å²) in [6, 6.07) is 0.292. The molecule has 1 rings (SSSR count). The van der Waals surface area contributed by atoms with Crippen molar-refractivity contribution in [3.05, 3.63) is 0 Å². The van der Waals surface area contributed by atoms with Crippen molar-refractivity contribution in [1.29, 1.82) is 0 Å². The number of ether oxygens (including phenoxy) is 1. The van der Waals surface area contributed by atoms with Gasteiger partial charge in [0.25, 0.3) is 0 Å². The summed E-state index contributed by atoms with van der Waals surface area (Å²) in [6.07, 6.45) is 1.32. The quantitative estimate of drug-likeness (QED) is 0.470. The third-order valence-corrected chi connectivity index (χ3v) is 1.43. The van der Waals surface area contributed by atoms with E-state index in [-0.39, 0.29) is 0 Å². The predicted octanol–water partition coefficient (Wildman–Crippen LogP) is 0.123. The normalized spacial score (nSPS) is 42.0. The molecule has 2 heteroatoms. The molecule has 0 bridgehead atoms. The van der Waals surface area contributed by atoms with Crippen LogP contribution in [0.2, 0.25) is 0 Å². The van der Waals surface area contributed by atoms with Crippen LogP contribution in [0.25, 0.3) is 0 Å². The van der Waals surface area contributed by atoms with Crippen molar-refractivity contribution in [2.45, 2.75) is 25.5 Å². The fraction of sp³-hybridized carbons (Fsp3) is 1.00. The summed E-state index contributed by atoms with van der Waals surface area (Å²) in [6.45, 7) is 2.86. The average molecular weight is 101 g/mol. The molecule has 1 unspecified atom stereocenters. The smallest absolute Gasteiger partial charge is 0.0698 e. The Morgan fingerprint density at radius 2 is 2.43 bits per heavy atom. The Morgan fingerprint density at radius 1 is 1.71 bits per heavy atom. The zero-order valence-electron chi connectivity index (χ0n) is 4.55. The number of hydrogen-bond acceptors (Lipinski definition) is 2. The van der Waals surface area contributed by atoms with Gasteiger partial charge in [0.1, 0.15) is 0 Å². The van der Waals surface area contributed by atoms with E-state index in [1.165, 1.54) is 0 Å². The SMILES string of the molecule is CC1OCC[C@@H]1N. The Labute approximate surface area is 43.6 Å². The molecule has 1 heterocycles. The lowest BCUT2D eigenvalue weighted by molar-refractivity contribution is 0.119. The van der Waals surface area contributed by atoms with Gasteiger partial charge in [0, 0.05) is 12.6 Å². The van der Waals surface area contributed by atoms with E-state index in [2.05, 4.69) is 0 Å². The molecule has 7 heavy (non-hydrogen) atoms. The van der Waals surface area contributed by atoms with Crippen LogP contribution in [0.3, 0.4) is 0 Å². The summed E-state index contributed by atoms with van der Waals surface area (Å²) < 4.78 is 5.14. The van der Waals surface area contributed by atoms with Crippen molar-refractivity contribution in [1.82, 2.24) is 0 Å². The van der Waals surface area contributed by atoms with Crippen LogP contribution in [0.4, 0.5) is 0 Å². The second-order valence-corrected chi connectivity index (χ2v) is 2.03. The van der Waals surface area contributed by atoms with Crippen LogP contribution < -0.4 is 5.73 Å². The maximum absolute atomic E-state index is 5.55. The van der Waals surface area contributed by atoms with E-state index in [4.69, 9.17) is 10.5 Å². The molecule has 1 fully saturated rings. The van der Waals surface area contributed by atoms with Crippen molar-refractivity contribution in [2.75, 3.05) is 6.61 Å². The molecule has 42 valence electrons. The molecule has 0 aromatic carbocycles. The second kappa shape index (κ2) is 1.80. The minimum absolute atomic E-state index is 0.292. The molecule has 0 aliphatic carbocycles. The van der Waals surface area contributed by atoms with Crippen LogP contribution >= 0.6 is 0 Å². The van der Waals surface area contributed by atoms with E-state index in [1.54, 1.807) is 0 Å². The van der Waals surface area contributed by atoms with Crippen molar-refractivity contribution >= 4 is 0 Å². The Morgan fingerprint density at radius 3 is 2.57 bits per heavy atom. The summed E-state index contributed by atoms with van der Waals surface area (Å²) in [5, 5.41) is 0. The lowest BCUT2D eigenvalue weighted by Crippen LogP contribution is -2.26. The molecule has 1 aliphatic heterocycles. The molecule has 2 N–H and O–H groups in total. The van der Waals surface area contributed by atoms with Gasteiger partial charge in [-0.25, -0.2) is 0 Å². The van der Waals surface area contributed by atoms with Gasteiger partial charge in [0.2, 0.25) is 0 Å². The predicted molar refractivity (Wildman–Crippen MR) is 28.0 cm³/mol. The first-order chi connectivity index (χ1) is 3.30. The minimum Gasteiger partial charge on any atom is -0.377 e. The lowest BCUT2D eigenvalue weighted by Gasteiger charge is -2.04. The molecule has 0 saturated carbocycles. The molecule has 1 aliphatic rings. The highest BCUT2D eigenvalue weighted by Gasteiger charge is 2.18. The third-order valence-electron chi connectivity index (χ3n) is 1.43. The van der Waals surface area contributed by atoms with Gasteiger partial charge >= 0.3 is 0 Å². The number of nitrogens with two attached hydrogens (primary N) is 1. The standard InChI is InChI=1S/C5H11NO/c1-4-5(6)2-3-7-4/h4-5H,2-3,6H2,1H3/t4?,5-/m0/s1. The van der Waals surface area contributed by atoms with Crippen molar-refractivity contribution in [3.63, 3.8) is 0 Å². The summed E-state index contributed by atoms with van der Waals surface area (Å²) >= 11 is 0. The van der Waals surface area contributed by atoms with E-state index < -0.39 is 0 Å². The van der Waals surface area contributed by atoms with Gasteiger partial charge in [-0.15, -0.1) is 0 Å². The maximum atomic E-state index is 5.55. The fourth-order valence-corrected chi connectivity index (χ4v) is 0.748. The van der Waals surface area contributed by atoms with Gasteiger partial charge in [-0.2, -0.15) is 0 Å². The molecular formula is C5H11NO. The summed E-state index contributed by atoms with van der Waals surface area (Å²) in [5.74, 6) is 0. The van der Waals surface area contributed by atoms with Crippen LogP contribution in [0, 0.1) is 0 Å². The Kier molecular flexibility index (Phi) is 1.30. The van der Waals surface area contributed by atoms with Gasteiger partial charge in [-0.05, 0) is 13.3 Å². The number of hydrogen-bond donors (Lipinski definition) is 1. The molecule has 0 aromatic rings. The highest BCUT2D eigenvalue weighted by Crippen LogP contribution is 2.08. The molecule has 0 amide bonds. The van der Waals surface area contributed by atoms with E-state index >= 15 is 0 Å². The molecular weight excluding hydrogens is 90.1 g/mol. The van der Waals surface area contributed by atoms with Gasteiger partial charge in [0.05, 0.1) is 6.10 Å². The van der Waals surface area contributed by atoms with E-state index in [1.807, 2.05) is 6.92 Å².